The summed E-state index contributed by atoms with van der Waals surface area (Å²) in [4.78, 5) is 0. The van der Waals surface area contributed by atoms with E-state index in [1.165, 1.54) is 36.8 Å². The van der Waals surface area contributed by atoms with E-state index in [1.54, 1.807) is 0 Å². The van der Waals surface area contributed by atoms with Gasteiger partial charge in [0.25, 0.3) is 0 Å². The van der Waals surface area contributed by atoms with Gasteiger partial charge in [0, 0.05) is 12.1 Å². The maximum atomic E-state index is 3.80. The Hall–Kier alpha value is -0.820. The average Bonchev–Trinajstić information content (AvgIpc) is 2.41. The van der Waals surface area contributed by atoms with Gasteiger partial charge in [0.15, 0.2) is 0 Å². The number of rotatable bonds is 4. The van der Waals surface area contributed by atoms with Gasteiger partial charge < -0.3 is 5.32 Å². The molecule has 1 unspecified atom stereocenters. The smallest absolute Gasteiger partial charge is 0.0294 e. The van der Waals surface area contributed by atoms with Crippen LogP contribution in [-0.2, 0) is 0 Å². The average molecular weight is 259 g/mol. The van der Waals surface area contributed by atoms with E-state index in [9.17, 15) is 0 Å². The fourth-order valence-electron chi connectivity index (χ4n) is 3.05. The summed E-state index contributed by atoms with van der Waals surface area (Å²) in [5.74, 6) is 1.55. The predicted octanol–water partition coefficient (Wildman–Crippen LogP) is 5.04. The lowest BCUT2D eigenvalue weighted by atomic mass is 9.87. The third kappa shape index (κ3) is 4.07. The second-order valence-electron chi connectivity index (χ2n) is 6.67. The van der Waals surface area contributed by atoms with Gasteiger partial charge in [-0.1, -0.05) is 45.0 Å². The van der Waals surface area contributed by atoms with Crippen LogP contribution in [0.5, 0.6) is 0 Å². The highest BCUT2D eigenvalue weighted by atomic mass is 14.9. The summed E-state index contributed by atoms with van der Waals surface area (Å²) in [6.07, 6.45) is 5.46. The largest absolute Gasteiger partial charge is 0.307 e. The van der Waals surface area contributed by atoms with Gasteiger partial charge in [0.2, 0.25) is 0 Å². The molecule has 1 heteroatoms. The highest BCUT2D eigenvalue weighted by molar-refractivity contribution is 5.26. The summed E-state index contributed by atoms with van der Waals surface area (Å²) < 4.78 is 0. The Kier molecular flexibility index (Phi) is 5.04. The first kappa shape index (κ1) is 14.6. The van der Waals surface area contributed by atoms with E-state index in [0.29, 0.717) is 12.0 Å². The normalized spacial score (nSPS) is 25.5. The second-order valence-corrected chi connectivity index (χ2v) is 6.67. The Morgan fingerprint density at radius 3 is 1.95 bits per heavy atom. The zero-order valence-electron chi connectivity index (χ0n) is 12.9. The molecular formula is C18H29N. The van der Waals surface area contributed by atoms with E-state index < -0.39 is 0 Å². The van der Waals surface area contributed by atoms with Crippen LogP contribution < -0.4 is 5.32 Å². The van der Waals surface area contributed by atoms with Crippen molar-refractivity contribution >= 4 is 0 Å². The van der Waals surface area contributed by atoms with E-state index in [2.05, 4.69) is 57.3 Å². The summed E-state index contributed by atoms with van der Waals surface area (Å²) in [5, 5.41) is 3.80. The molecule has 1 nitrogen and oxygen atoms in total. The highest BCUT2D eigenvalue weighted by Gasteiger charge is 2.19. The van der Waals surface area contributed by atoms with E-state index >= 15 is 0 Å². The summed E-state index contributed by atoms with van der Waals surface area (Å²) in [7, 11) is 0. The van der Waals surface area contributed by atoms with Crippen LogP contribution in [0.1, 0.15) is 76.5 Å². The molecular weight excluding hydrogens is 230 g/mol. The van der Waals surface area contributed by atoms with Crippen molar-refractivity contribution in [3.05, 3.63) is 35.4 Å². The minimum Gasteiger partial charge on any atom is -0.307 e. The van der Waals surface area contributed by atoms with Gasteiger partial charge in [-0.05, 0) is 55.6 Å². The number of hydrogen-bond acceptors (Lipinski definition) is 1. The Bertz CT molecular complexity index is 371. The van der Waals surface area contributed by atoms with Gasteiger partial charge in [0.1, 0.15) is 0 Å². The molecule has 19 heavy (non-hydrogen) atoms. The summed E-state index contributed by atoms with van der Waals surface area (Å²) >= 11 is 0. The van der Waals surface area contributed by atoms with Crippen LogP contribution in [0.4, 0.5) is 0 Å². The Morgan fingerprint density at radius 1 is 0.895 bits per heavy atom. The van der Waals surface area contributed by atoms with Crippen LogP contribution in [-0.4, -0.2) is 6.04 Å². The molecule has 0 radical (unpaired) electrons. The molecule has 1 fully saturated rings. The lowest BCUT2D eigenvalue weighted by Crippen LogP contribution is -2.34. The maximum absolute atomic E-state index is 3.80. The SMILES string of the molecule is CC1CCC(NC(C)c2ccc(C(C)C)cc2)CC1. The van der Waals surface area contributed by atoms with Gasteiger partial charge >= 0.3 is 0 Å². The molecule has 1 saturated carbocycles. The van der Waals surface area contributed by atoms with Crippen LogP contribution in [0.2, 0.25) is 0 Å². The first-order valence-corrected chi connectivity index (χ1v) is 7.92. The molecule has 0 heterocycles. The Morgan fingerprint density at radius 2 is 1.42 bits per heavy atom. The quantitative estimate of drug-likeness (QED) is 0.799. The first-order chi connectivity index (χ1) is 9.06. The van der Waals surface area contributed by atoms with E-state index in [0.717, 1.165) is 12.0 Å². The van der Waals surface area contributed by atoms with Crippen molar-refractivity contribution in [2.45, 2.75) is 71.4 Å². The standard InChI is InChI=1S/C18H29N/c1-13(2)16-7-9-17(10-8-16)15(4)19-18-11-5-14(3)6-12-18/h7-10,13-15,18-19H,5-6,11-12H2,1-4H3. The van der Waals surface area contributed by atoms with Gasteiger partial charge in [-0.25, -0.2) is 0 Å². The molecule has 1 atom stereocenters. The van der Waals surface area contributed by atoms with Crippen LogP contribution in [0.15, 0.2) is 24.3 Å². The van der Waals surface area contributed by atoms with Crippen LogP contribution in [0.25, 0.3) is 0 Å². The molecule has 0 aromatic heterocycles. The predicted molar refractivity (Wildman–Crippen MR) is 83.5 cm³/mol. The van der Waals surface area contributed by atoms with Crippen molar-refractivity contribution in [2.75, 3.05) is 0 Å². The Labute approximate surface area is 118 Å². The number of hydrogen-bond donors (Lipinski definition) is 1. The fourth-order valence-corrected chi connectivity index (χ4v) is 3.05. The van der Waals surface area contributed by atoms with Crippen molar-refractivity contribution in [3.8, 4) is 0 Å². The summed E-state index contributed by atoms with van der Waals surface area (Å²) in [6, 6.07) is 10.3. The van der Waals surface area contributed by atoms with Gasteiger partial charge in [-0.2, -0.15) is 0 Å². The van der Waals surface area contributed by atoms with Gasteiger partial charge in [0.05, 0.1) is 0 Å². The van der Waals surface area contributed by atoms with Gasteiger partial charge in [-0.15, -0.1) is 0 Å². The highest BCUT2D eigenvalue weighted by Crippen LogP contribution is 2.26. The van der Waals surface area contributed by atoms with E-state index in [4.69, 9.17) is 0 Å². The van der Waals surface area contributed by atoms with Crippen molar-refractivity contribution < 1.29 is 0 Å². The molecule has 0 spiro atoms. The monoisotopic (exact) mass is 259 g/mol. The molecule has 106 valence electrons. The second kappa shape index (κ2) is 6.56. The van der Waals surface area contributed by atoms with Crippen molar-refractivity contribution in [2.24, 2.45) is 5.92 Å². The molecule has 1 N–H and O–H groups in total. The molecule has 1 aliphatic carbocycles. The van der Waals surface area contributed by atoms with Crippen LogP contribution in [0, 0.1) is 5.92 Å². The topological polar surface area (TPSA) is 12.0 Å². The third-order valence-corrected chi connectivity index (χ3v) is 4.60. The Balaban J connectivity index is 1.90. The van der Waals surface area contributed by atoms with E-state index in [-0.39, 0.29) is 0 Å². The molecule has 0 saturated heterocycles. The van der Waals surface area contributed by atoms with Gasteiger partial charge in [-0.3, -0.25) is 0 Å². The lowest BCUT2D eigenvalue weighted by Gasteiger charge is -2.30. The molecule has 0 bridgehead atoms. The zero-order chi connectivity index (χ0) is 13.8. The molecule has 0 amide bonds. The molecule has 0 aliphatic heterocycles. The van der Waals surface area contributed by atoms with Crippen LogP contribution >= 0.6 is 0 Å². The maximum Gasteiger partial charge on any atom is 0.0294 e. The minimum atomic E-state index is 0.472. The zero-order valence-corrected chi connectivity index (χ0v) is 12.9. The minimum absolute atomic E-state index is 0.472. The fraction of sp³-hybridized carbons (Fsp3) is 0.667. The third-order valence-electron chi connectivity index (χ3n) is 4.60. The van der Waals surface area contributed by atoms with Crippen molar-refractivity contribution in [1.29, 1.82) is 0 Å². The molecule has 1 aliphatic rings. The van der Waals surface area contributed by atoms with E-state index in [1.807, 2.05) is 0 Å². The molecule has 2 rings (SSSR count). The van der Waals surface area contributed by atoms with Crippen molar-refractivity contribution in [3.63, 3.8) is 0 Å². The summed E-state index contributed by atoms with van der Waals surface area (Å²) in [6.45, 7) is 9.17. The van der Waals surface area contributed by atoms with Crippen molar-refractivity contribution in [1.82, 2.24) is 5.32 Å². The first-order valence-electron chi connectivity index (χ1n) is 7.92. The number of nitrogens with one attached hydrogen (secondary N) is 1. The lowest BCUT2D eigenvalue weighted by molar-refractivity contribution is 0.292. The summed E-state index contributed by atoms with van der Waals surface area (Å²) in [5.41, 5.74) is 2.85. The number of benzene rings is 1. The molecule has 1 aromatic carbocycles. The van der Waals surface area contributed by atoms with Crippen LogP contribution in [0.3, 0.4) is 0 Å². The molecule has 1 aromatic rings.